The third-order valence-corrected chi connectivity index (χ3v) is 4.03. The first-order valence-electron chi connectivity index (χ1n) is 8.00. The van der Waals surface area contributed by atoms with Crippen LogP contribution in [-0.4, -0.2) is 18.5 Å². The summed E-state index contributed by atoms with van der Waals surface area (Å²) in [6.07, 6.45) is 0. The van der Waals surface area contributed by atoms with E-state index in [0.29, 0.717) is 5.69 Å². The number of carbonyl (C=O) groups excluding carboxylic acids is 2. The van der Waals surface area contributed by atoms with Gasteiger partial charge >= 0.3 is 5.97 Å². The summed E-state index contributed by atoms with van der Waals surface area (Å²) >= 11 is 5.93. The predicted molar refractivity (Wildman–Crippen MR) is 102 cm³/mol. The second kappa shape index (κ2) is 8.32. The molecule has 130 valence electrons. The summed E-state index contributed by atoms with van der Waals surface area (Å²) in [6, 6.07) is 23.9. The fourth-order valence-corrected chi connectivity index (χ4v) is 2.62. The van der Waals surface area contributed by atoms with Crippen LogP contribution >= 0.6 is 11.6 Å². The highest BCUT2D eigenvalue weighted by Gasteiger charge is 2.13. The van der Waals surface area contributed by atoms with Crippen LogP contribution in [0.15, 0.2) is 78.9 Å². The molecule has 0 aliphatic heterocycles. The highest BCUT2D eigenvalue weighted by Crippen LogP contribution is 2.21. The monoisotopic (exact) mass is 365 g/mol. The molecule has 1 amide bonds. The third-order valence-electron chi connectivity index (χ3n) is 3.70. The summed E-state index contributed by atoms with van der Waals surface area (Å²) < 4.78 is 5.00. The minimum atomic E-state index is -0.634. The van der Waals surface area contributed by atoms with Gasteiger partial charge in [-0.15, -0.1) is 0 Å². The van der Waals surface area contributed by atoms with Crippen molar-refractivity contribution in [1.29, 1.82) is 0 Å². The van der Waals surface area contributed by atoms with Crippen LogP contribution in [0.25, 0.3) is 11.1 Å². The SMILES string of the molecule is O=C(COC(=O)c1ccccc1Cl)Nc1ccc(-c2ccccc2)cc1. The van der Waals surface area contributed by atoms with Gasteiger partial charge in [0, 0.05) is 5.69 Å². The first-order chi connectivity index (χ1) is 12.6. The van der Waals surface area contributed by atoms with Crippen LogP contribution in [-0.2, 0) is 9.53 Å². The lowest BCUT2D eigenvalue weighted by molar-refractivity contribution is -0.119. The molecule has 1 N–H and O–H groups in total. The molecule has 3 aromatic rings. The van der Waals surface area contributed by atoms with Gasteiger partial charge in [0.05, 0.1) is 10.6 Å². The number of ether oxygens (including phenoxy) is 1. The molecule has 0 aliphatic rings. The van der Waals surface area contributed by atoms with E-state index in [0.717, 1.165) is 11.1 Å². The van der Waals surface area contributed by atoms with Crippen molar-refractivity contribution >= 4 is 29.2 Å². The number of rotatable bonds is 5. The van der Waals surface area contributed by atoms with E-state index in [2.05, 4.69) is 5.32 Å². The summed E-state index contributed by atoms with van der Waals surface area (Å²) in [6.45, 7) is -0.384. The standard InChI is InChI=1S/C21H16ClNO3/c22-19-9-5-4-8-18(19)21(25)26-14-20(24)23-17-12-10-16(11-13-17)15-6-2-1-3-7-15/h1-13H,14H2,(H,23,24). The zero-order chi connectivity index (χ0) is 18.4. The average Bonchev–Trinajstić information content (AvgIpc) is 2.68. The van der Waals surface area contributed by atoms with Crippen molar-refractivity contribution in [1.82, 2.24) is 0 Å². The smallest absolute Gasteiger partial charge is 0.340 e. The minimum Gasteiger partial charge on any atom is -0.452 e. The number of anilines is 1. The number of amides is 1. The second-order valence-electron chi connectivity index (χ2n) is 5.55. The van der Waals surface area contributed by atoms with E-state index in [-0.39, 0.29) is 17.2 Å². The number of nitrogens with one attached hydrogen (secondary N) is 1. The summed E-state index contributed by atoms with van der Waals surface area (Å²) in [7, 11) is 0. The molecule has 0 saturated heterocycles. The molecule has 0 radical (unpaired) electrons. The van der Waals surface area contributed by atoms with Gasteiger partial charge in [-0.25, -0.2) is 4.79 Å². The molecule has 0 unspecified atom stereocenters. The van der Waals surface area contributed by atoms with E-state index in [4.69, 9.17) is 16.3 Å². The Morgan fingerprint density at radius 3 is 2.12 bits per heavy atom. The number of esters is 1. The average molecular weight is 366 g/mol. The van der Waals surface area contributed by atoms with Gasteiger partial charge < -0.3 is 10.1 Å². The molecular formula is C21H16ClNO3. The molecule has 4 nitrogen and oxygen atoms in total. The molecule has 0 spiro atoms. The number of hydrogen-bond acceptors (Lipinski definition) is 3. The van der Waals surface area contributed by atoms with E-state index < -0.39 is 11.9 Å². The van der Waals surface area contributed by atoms with Gasteiger partial charge in [0.25, 0.3) is 5.91 Å². The zero-order valence-electron chi connectivity index (χ0n) is 13.8. The van der Waals surface area contributed by atoms with E-state index in [9.17, 15) is 9.59 Å². The van der Waals surface area contributed by atoms with Crippen molar-refractivity contribution in [2.45, 2.75) is 0 Å². The Balaban J connectivity index is 1.55. The van der Waals surface area contributed by atoms with Gasteiger partial charge in [0.2, 0.25) is 0 Å². The Bertz CT molecular complexity index is 908. The summed E-state index contributed by atoms with van der Waals surface area (Å²) in [5.74, 6) is -1.05. The molecular weight excluding hydrogens is 350 g/mol. The van der Waals surface area contributed by atoms with Crippen LogP contribution in [0.5, 0.6) is 0 Å². The van der Waals surface area contributed by atoms with Crippen molar-refractivity contribution in [3.05, 3.63) is 89.4 Å². The lowest BCUT2D eigenvalue weighted by Gasteiger charge is -2.08. The topological polar surface area (TPSA) is 55.4 Å². The quantitative estimate of drug-likeness (QED) is 0.660. The molecule has 0 aromatic heterocycles. The largest absolute Gasteiger partial charge is 0.452 e. The zero-order valence-corrected chi connectivity index (χ0v) is 14.6. The summed E-state index contributed by atoms with van der Waals surface area (Å²) in [4.78, 5) is 23.9. The lowest BCUT2D eigenvalue weighted by Crippen LogP contribution is -2.21. The molecule has 0 aliphatic carbocycles. The first-order valence-corrected chi connectivity index (χ1v) is 8.38. The predicted octanol–water partition coefficient (Wildman–Crippen LogP) is 4.80. The van der Waals surface area contributed by atoms with Gasteiger partial charge in [-0.05, 0) is 35.4 Å². The fraction of sp³-hybridized carbons (Fsp3) is 0.0476. The lowest BCUT2D eigenvalue weighted by atomic mass is 10.1. The highest BCUT2D eigenvalue weighted by atomic mass is 35.5. The Morgan fingerprint density at radius 1 is 0.808 bits per heavy atom. The Kier molecular flexibility index (Phi) is 5.66. The van der Waals surface area contributed by atoms with Gasteiger partial charge in [0.15, 0.2) is 6.61 Å². The first kappa shape index (κ1) is 17.7. The van der Waals surface area contributed by atoms with Crippen molar-refractivity contribution < 1.29 is 14.3 Å². The fourth-order valence-electron chi connectivity index (χ4n) is 2.41. The van der Waals surface area contributed by atoms with Crippen LogP contribution in [0.1, 0.15) is 10.4 Å². The van der Waals surface area contributed by atoms with Crippen molar-refractivity contribution in [2.24, 2.45) is 0 Å². The van der Waals surface area contributed by atoms with E-state index >= 15 is 0 Å². The van der Waals surface area contributed by atoms with Crippen LogP contribution < -0.4 is 5.32 Å². The maximum Gasteiger partial charge on any atom is 0.340 e. The maximum atomic E-state index is 12.0. The molecule has 5 heteroatoms. The van der Waals surface area contributed by atoms with Crippen LogP contribution in [0.4, 0.5) is 5.69 Å². The molecule has 0 bridgehead atoms. The van der Waals surface area contributed by atoms with Crippen molar-refractivity contribution in [3.63, 3.8) is 0 Å². The summed E-state index contributed by atoms with van der Waals surface area (Å²) in [5, 5.41) is 2.98. The molecule has 0 heterocycles. The van der Waals surface area contributed by atoms with Crippen LogP contribution in [0.3, 0.4) is 0 Å². The third kappa shape index (κ3) is 4.49. The number of halogens is 1. The number of benzene rings is 3. The van der Waals surface area contributed by atoms with Crippen LogP contribution in [0, 0.1) is 0 Å². The van der Waals surface area contributed by atoms with Crippen molar-refractivity contribution in [3.8, 4) is 11.1 Å². The van der Waals surface area contributed by atoms with Gasteiger partial charge in [-0.2, -0.15) is 0 Å². The minimum absolute atomic E-state index is 0.231. The van der Waals surface area contributed by atoms with E-state index in [1.165, 1.54) is 0 Å². The Morgan fingerprint density at radius 2 is 1.42 bits per heavy atom. The van der Waals surface area contributed by atoms with Gasteiger partial charge in [-0.3, -0.25) is 4.79 Å². The van der Waals surface area contributed by atoms with E-state index in [1.807, 2.05) is 42.5 Å². The molecule has 3 aromatic carbocycles. The van der Waals surface area contributed by atoms with Crippen LogP contribution in [0.2, 0.25) is 5.02 Å². The molecule has 0 fully saturated rings. The number of hydrogen-bond donors (Lipinski definition) is 1. The van der Waals surface area contributed by atoms with Gasteiger partial charge in [-0.1, -0.05) is 66.2 Å². The van der Waals surface area contributed by atoms with Crippen molar-refractivity contribution in [2.75, 3.05) is 11.9 Å². The molecule has 26 heavy (non-hydrogen) atoms. The number of carbonyl (C=O) groups is 2. The second-order valence-corrected chi connectivity index (χ2v) is 5.95. The summed E-state index contributed by atoms with van der Waals surface area (Å²) in [5.41, 5.74) is 3.01. The molecule has 0 saturated carbocycles. The van der Waals surface area contributed by atoms with Gasteiger partial charge in [0.1, 0.15) is 0 Å². The molecule has 0 atom stereocenters. The maximum absolute atomic E-state index is 12.0. The Hall–Kier alpha value is -3.11. The van der Waals surface area contributed by atoms with E-state index in [1.54, 1.807) is 36.4 Å². The molecule has 3 rings (SSSR count). The Labute approximate surface area is 156 Å². The highest BCUT2D eigenvalue weighted by molar-refractivity contribution is 6.33. The normalized spacial score (nSPS) is 10.2.